The molecule has 7 heteroatoms. The minimum atomic E-state index is -1.13. The van der Waals surface area contributed by atoms with E-state index in [0.717, 1.165) is 11.3 Å². The number of rotatable bonds is 5. The van der Waals surface area contributed by atoms with E-state index >= 15 is 0 Å². The number of benzene rings is 1. The average molecular weight is 417 g/mol. The summed E-state index contributed by atoms with van der Waals surface area (Å²) >= 11 is 0. The molecule has 0 unspecified atom stereocenters. The third-order valence-corrected chi connectivity index (χ3v) is 4.36. The predicted molar refractivity (Wildman–Crippen MR) is 116 cm³/mol. The number of ether oxygens (including phenoxy) is 2. The Morgan fingerprint density at radius 2 is 1.57 bits per heavy atom. The van der Waals surface area contributed by atoms with Crippen molar-refractivity contribution in [2.24, 2.45) is 10.9 Å². The molecule has 1 aromatic rings. The van der Waals surface area contributed by atoms with Gasteiger partial charge in [0.25, 0.3) is 0 Å². The maximum absolute atomic E-state index is 12.8. The average Bonchev–Trinajstić information content (AvgIpc) is 2.70. The monoisotopic (exact) mass is 416 g/mol. The highest BCUT2D eigenvalue weighted by atomic mass is 16.6. The first-order chi connectivity index (χ1) is 13.8. The highest BCUT2D eigenvalue weighted by Gasteiger charge is 2.36. The summed E-state index contributed by atoms with van der Waals surface area (Å²) < 4.78 is 10.9. The molecule has 0 saturated carbocycles. The maximum atomic E-state index is 12.8. The lowest BCUT2D eigenvalue weighted by Gasteiger charge is -2.28. The quantitative estimate of drug-likeness (QED) is 0.541. The fraction of sp³-hybridized carbons (Fsp3) is 0.565. The first-order valence-corrected chi connectivity index (χ1v) is 10.1. The van der Waals surface area contributed by atoms with Gasteiger partial charge in [0.15, 0.2) is 5.92 Å². The van der Waals surface area contributed by atoms with Gasteiger partial charge in [-0.3, -0.25) is 19.4 Å². The first-order valence-electron chi connectivity index (χ1n) is 10.1. The number of amides is 1. The van der Waals surface area contributed by atoms with Crippen LogP contribution in [0.2, 0.25) is 0 Å². The zero-order valence-electron chi connectivity index (χ0n) is 18.9. The van der Waals surface area contributed by atoms with Crippen LogP contribution < -0.4 is 4.90 Å². The summed E-state index contributed by atoms with van der Waals surface area (Å²) in [5.74, 6) is -2.63. The van der Waals surface area contributed by atoms with E-state index in [4.69, 9.17) is 9.47 Å². The normalized spacial score (nSPS) is 14.7. The lowest BCUT2D eigenvalue weighted by Crippen LogP contribution is -2.40. The van der Waals surface area contributed by atoms with Crippen LogP contribution >= 0.6 is 0 Å². The minimum Gasteiger partial charge on any atom is -0.459 e. The molecule has 2 rings (SSSR count). The zero-order chi connectivity index (χ0) is 22.7. The van der Waals surface area contributed by atoms with E-state index in [-0.39, 0.29) is 25.4 Å². The van der Waals surface area contributed by atoms with Crippen molar-refractivity contribution in [1.82, 2.24) is 0 Å². The van der Waals surface area contributed by atoms with Gasteiger partial charge in [-0.25, -0.2) is 0 Å². The topological polar surface area (TPSA) is 85.3 Å². The van der Waals surface area contributed by atoms with Gasteiger partial charge in [-0.15, -0.1) is 0 Å². The van der Waals surface area contributed by atoms with Gasteiger partial charge in [0.05, 0.1) is 5.69 Å². The number of anilines is 1. The second-order valence-electron chi connectivity index (χ2n) is 9.37. The number of fused-ring (bicyclic) bond motifs is 1. The molecule has 0 fully saturated rings. The third kappa shape index (κ3) is 6.40. The predicted octanol–water partition coefficient (Wildman–Crippen LogP) is 3.53. The van der Waals surface area contributed by atoms with Crippen molar-refractivity contribution in [3.63, 3.8) is 0 Å². The van der Waals surface area contributed by atoms with Gasteiger partial charge >= 0.3 is 11.9 Å². The fourth-order valence-corrected chi connectivity index (χ4v) is 3.09. The van der Waals surface area contributed by atoms with Crippen LogP contribution in [-0.4, -0.2) is 47.8 Å². The summed E-state index contributed by atoms with van der Waals surface area (Å²) in [7, 11) is 0. The second kappa shape index (κ2) is 8.98. The molecule has 1 aliphatic heterocycles. The van der Waals surface area contributed by atoms with Gasteiger partial charge in [-0.1, -0.05) is 18.2 Å². The Balaban J connectivity index is 2.27. The molecule has 1 amide bonds. The van der Waals surface area contributed by atoms with Gasteiger partial charge in [0.2, 0.25) is 5.91 Å². The number of carbonyl (C=O) groups is 3. The molecular formula is C23H32N2O5. The number of benzodiazepines with no additional fused rings is 1. The van der Waals surface area contributed by atoms with E-state index in [1.54, 1.807) is 46.4 Å². The lowest BCUT2D eigenvalue weighted by atomic mass is 10.0. The molecule has 0 bridgehead atoms. The van der Waals surface area contributed by atoms with Crippen molar-refractivity contribution in [3.05, 3.63) is 29.8 Å². The Morgan fingerprint density at radius 1 is 1.03 bits per heavy atom. The molecule has 0 aliphatic carbocycles. The lowest BCUT2D eigenvalue weighted by molar-refractivity contribution is -0.174. The molecule has 1 heterocycles. The zero-order valence-corrected chi connectivity index (χ0v) is 18.9. The van der Waals surface area contributed by atoms with Gasteiger partial charge in [0, 0.05) is 17.8 Å². The third-order valence-electron chi connectivity index (χ3n) is 4.36. The maximum Gasteiger partial charge on any atom is 0.320 e. The highest BCUT2D eigenvalue weighted by Crippen LogP contribution is 2.26. The van der Waals surface area contributed by atoms with E-state index in [1.165, 1.54) is 0 Å². The number of nitrogens with zero attached hydrogens (tertiary/aromatic N) is 2. The molecule has 0 N–H and O–H groups in total. The van der Waals surface area contributed by atoms with E-state index < -0.39 is 29.1 Å². The summed E-state index contributed by atoms with van der Waals surface area (Å²) in [5.41, 5.74) is 0.862. The molecule has 164 valence electrons. The van der Waals surface area contributed by atoms with E-state index in [9.17, 15) is 14.4 Å². The van der Waals surface area contributed by atoms with E-state index in [0.29, 0.717) is 5.69 Å². The summed E-state index contributed by atoms with van der Waals surface area (Å²) in [5, 5.41) is 0. The van der Waals surface area contributed by atoms with Crippen molar-refractivity contribution in [2.45, 2.75) is 66.1 Å². The first kappa shape index (κ1) is 23.6. The Morgan fingerprint density at radius 3 is 2.10 bits per heavy atom. The van der Waals surface area contributed by atoms with Crippen LogP contribution in [0.1, 0.15) is 60.5 Å². The van der Waals surface area contributed by atoms with Crippen LogP contribution in [0.15, 0.2) is 29.3 Å². The van der Waals surface area contributed by atoms with Crippen LogP contribution in [-0.2, 0) is 23.9 Å². The Kier molecular flexibility index (Phi) is 7.06. The number of hydrogen-bond acceptors (Lipinski definition) is 6. The van der Waals surface area contributed by atoms with Gasteiger partial charge < -0.3 is 14.4 Å². The van der Waals surface area contributed by atoms with E-state index in [1.807, 2.05) is 31.2 Å². The molecule has 7 nitrogen and oxygen atoms in total. The van der Waals surface area contributed by atoms with Crippen LogP contribution in [0.4, 0.5) is 5.69 Å². The highest BCUT2D eigenvalue weighted by molar-refractivity contribution is 6.10. The summed E-state index contributed by atoms with van der Waals surface area (Å²) in [6, 6.07) is 7.47. The fourth-order valence-electron chi connectivity index (χ4n) is 3.09. The standard InChI is InChI=1S/C23H32N2O5/c1-15-16-10-8-9-11-18(16)25(19(26)14-24-15)13-12-17(20(27)29-22(2,3)4)21(28)30-23(5,6)7/h8-11,17H,12-14H2,1-7H3. The smallest absolute Gasteiger partial charge is 0.320 e. The molecule has 0 aromatic heterocycles. The Bertz CT molecular complexity index is 818. The molecule has 0 atom stereocenters. The SMILES string of the molecule is CC1=NCC(=O)N(CCC(C(=O)OC(C)(C)C)C(=O)OC(C)(C)C)c2ccccc21. The molecule has 1 aliphatic rings. The van der Waals surface area contributed by atoms with Crippen molar-refractivity contribution in [1.29, 1.82) is 0 Å². The second-order valence-corrected chi connectivity index (χ2v) is 9.37. The van der Waals surface area contributed by atoms with Gasteiger partial charge in [-0.2, -0.15) is 0 Å². The van der Waals surface area contributed by atoms with Crippen LogP contribution in [0, 0.1) is 5.92 Å². The van der Waals surface area contributed by atoms with Gasteiger partial charge in [0.1, 0.15) is 17.7 Å². The van der Waals surface area contributed by atoms with Crippen LogP contribution in [0.5, 0.6) is 0 Å². The Labute approximate surface area is 178 Å². The number of para-hydroxylation sites is 1. The van der Waals surface area contributed by atoms with Crippen molar-refractivity contribution < 1.29 is 23.9 Å². The molecular weight excluding hydrogens is 384 g/mol. The van der Waals surface area contributed by atoms with Crippen molar-refractivity contribution >= 4 is 29.2 Å². The minimum absolute atomic E-state index is 0.0179. The van der Waals surface area contributed by atoms with Crippen molar-refractivity contribution in [2.75, 3.05) is 18.0 Å². The summed E-state index contributed by atoms with van der Waals surface area (Å²) in [4.78, 5) is 44.1. The number of carbonyl (C=O) groups excluding carboxylic acids is 3. The molecule has 1 aromatic carbocycles. The van der Waals surface area contributed by atoms with E-state index in [2.05, 4.69) is 4.99 Å². The molecule has 30 heavy (non-hydrogen) atoms. The largest absolute Gasteiger partial charge is 0.459 e. The number of hydrogen-bond donors (Lipinski definition) is 0. The van der Waals surface area contributed by atoms with Crippen LogP contribution in [0.25, 0.3) is 0 Å². The van der Waals surface area contributed by atoms with Crippen LogP contribution in [0.3, 0.4) is 0 Å². The summed E-state index contributed by atoms with van der Waals surface area (Å²) in [6.07, 6.45) is 0.0863. The molecule has 0 radical (unpaired) electrons. The Hall–Kier alpha value is -2.70. The van der Waals surface area contributed by atoms with Crippen molar-refractivity contribution in [3.8, 4) is 0 Å². The molecule has 0 spiro atoms. The molecule has 0 saturated heterocycles. The number of aliphatic imine (C=N–C) groups is 1. The summed E-state index contributed by atoms with van der Waals surface area (Å²) in [6.45, 7) is 12.5. The number of esters is 2. The van der Waals surface area contributed by atoms with Gasteiger partial charge in [-0.05, 0) is 61.0 Å².